The second-order valence-electron chi connectivity index (χ2n) is 24.4. The van der Waals surface area contributed by atoms with Gasteiger partial charge < -0.3 is 66.8 Å². The van der Waals surface area contributed by atoms with Gasteiger partial charge >= 0.3 is 12.1 Å². The highest BCUT2D eigenvalue weighted by Crippen LogP contribution is 2.30. The van der Waals surface area contributed by atoms with Crippen LogP contribution in [0.4, 0.5) is 15.3 Å². The number of carbonyl (C=O) groups excluding carboxylic acids is 9. The maximum Gasteiger partial charge on any atom is 0.410 e. The van der Waals surface area contributed by atoms with E-state index in [0.29, 0.717) is 36.9 Å². The fraction of sp³-hybridized carbons (Fsp3) is 0.661. The number of likely N-dealkylation sites (N-methyl/N-ethyl adjacent to an activating group) is 2. The van der Waals surface area contributed by atoms with Crippen molar-refractivity contribution < 1.29 is 75.4 Å². The molecule has 10 amide bonds. The van der Waals surface area contributed by atoms with E-state index in [4.69, 9.17) is 19.9 Å². The monoisotopic (exact) mass is 1270 g/mol. The van der Waals surface area contributed by atoms with Crippen LogP contribution in [0.3, 0.4) is 0 Å². The minimum absolute atomic E-state index is 0.0162. The predicted octanol–water partition coefficient (Wildman–Crippen LogP) is 4.12. The molecule has 1 saturated heterocycles. The second kappa shape index (κ2) is 36.0. The van der Waals surface area contributed by atoms with Gasteiger partial charge in [-0.1, -0.05) is 118 Å². The van der Waals surface area contributed by atoms with Gasteiger partial charge in [0.1, 0.15) is 30.8 Å². The molecule has 1 fully saturated rings. The molecule has 500 valence electrons. The molecule has 1 heterocycles. The predicted molar refractivity (Wildman–Crippen MR) is 335 cm³/mol. The van der Waals surface area contributed by atoms with Crippen LogP contribution in [0.25, 0.3) is 0 Å². The van der Waals surface area contributed by atoms with Crippen molar-refractivity contribution in [2.75, 3.05) is 52.5 Å². The van der Waals surface area contributed by atoms with Crippen LogP contribution in [0.5, 0.6) is 0 Å². The number of hydrogen-bond donors (Lipinski definition) is 9. The molecule has 1 aliphatic heterocycles. The van der Waals surface area contributed by atoms with Crippen LogP contribution in [0.1, 0.15) is 132 Å². The summed E-state index contributed by atoms with van der Waals surface area (Å²) in [7, 11) is 1.54. The summed E-state index contributed by atoms with van der Waals surface area (Å²) >= 11 is 0. The normalized spacial score (nSPS) is 17.5. The molecule has 0 aromatic heterocycles. The Morgan fingerprint density at radius 1 is 0.742 bits per heavy atom. The van der Waals surface area contributed by atoms with Crippen molar-refractivity contribution in [1.82, 2.24) is 41.3 Å². The Morgan fingerprint density at radius 3 is 1.89 bits per heavy atom. The van der Waals surface area contributed by atoms with E-state index in [1.165, 1.54) is 45.2 Å². The Balaban J connectivity index is 1.72. The van der Waals surface area contributed by atoms with Crippen molar-refractivity contribution in [3.8, 4) is 0 Å². The van der Waals surface area contributed by atoms with Gasteiger partial charge in [0.15, 0.2) is 0 Å². The first-order valence-corrected chi connectivity index (χ1v) is 32.1. The zero-order valence-electron chi connectivity index (χ0n) is 54.4. The molecular formula is C62H100N10O16S. The van der Waals surface area contributed by atoms with Crippen LogP contribution in [-0.2, 0) is 64.5 Å². The van der Waals surface area contributed by atoms with Gasteiger partial charge in [-0.25, -0.2) is 9.59 Å². The Kier molecular flexibility index (Phi) is 30.9. The highest BCUT2D eigenvalue weighted by Gasteiger charge is 2.44. The zero-order valence-corrected chi connectivity index (χ0v) is 55.3. The maximum atomic E-state index is 14.8. The Labute approximate surface area is 525 Å². The van der Waals surface area contributed by atoms with E-state index >= 15 is 0 Å². The van der Waals surface area contributed by atoms with Gasteiger partial charge in [-0.15, -0.1) is 0 Å². The average Bonchev–Trinajstić information content (AvgIpc) is 4.12. The number of methoxy groups -OCH3 is 2. The summed E-state index contributed by atoms with van der Waals surface area (Å²) in [5.74, 6) is -8.19. The number of nitrogens with two attached hydrogens (primary N) is 1. The van der Waals surface area contributed by atoms with E-state index in [-0.39, 0.29) is 55.8 Å². The van der Waals surface area contributed by atoms with Gasteiger partial charge in [-0.2, -0.15) is 8.42 Å². The number of amides is 10. The quantitative estimate of drug-likeness (QED) is 0.0346. The molecule has 1 aliphatic rings. The van der Waals surface area contributed by atoms with Crippen molar-refractivity contribution in [3.63, 3.8) is 0 Å². The standard InChI is InChI=1S/C62H100N10O16S/c1-16-38(8)52(47(86-14)32-48(73)72-31-21-25-46(72)54(87-15)40(10)56(76)65-41(11)53(74)43-22-18-17-19-23-43)70(12)60(80)50(36(4)5)69-59(79)51(37(6)7)71(13)62(82)88-33-42-26-28-44(29-27-42)66-57(77)45(24-20-30-64-61(63)81)67-58(78)49(35(2)3)68-55(75)39(9)34-89(83,84)85/h17-19,22-23,26-29,35-41,45-47,49-54,74H,16,20-21,24-25,30-34H2,1-15H3,(H,65,76)(H,66,77)(H,67,78)(H,68,75)(H,69,79)(H3,63,64,81)(H,83,84,85). The van der Waals surface area contributed by atoms with E-state index < -0.39 is 148 Å². The first-order valence-electron chi connectivity index (χ1n) is 30.5. The summed E-state index contributed by atoms with van der Waals surface area (Å²) in [5, 5.41) is 27.1. The van der Waals surface area contributed by atoms with Crippen LogP contribution in [0.2, 0.25) is 0 Å². The van der Waals surface area contributed by atoms with Crippen molar-refractivity contribution in [3.05, 3.63) is 65.7 Å². The third kappa shape index (κ3) is 23.1. The summed E-state index contributed by atoms with van der Waals surface area (Å²) < 4.78 is 49.7. The number of urea groups is 1. The molecule has 89 heavy (non-hydrogen) atoms. The van der Waals surface area contributed by atoms with E-state index in [1.807, 2.05) is 32.0 Å². The van der Waals surface area contributed by atoms with Crippen molar-refractivity contribution in [2.45, 2.75) is 182 Å². The number of nitrogens with zero attached hydrogens (tertiary/aromatic N) is 3. The third-order valence-corrected chi connectivity index (χ3v) is 17.3. The molecule has 2 aromatic carbocycles. The molecule has 0 bridgehead atoms. The number of likely N-dealkylation sites (tertiary alicyclic amines) is 1. The SMILES string of the molecule is CCC(C)C(C(CC(=O)N1CCCC1C(OC)C(C)C(=O)NC(C)C(O)c1ccccc1)OC)N(C)C(=O)C(NC(=O)C(C(C)C)N(C)C(=O)OCc1ccc(NC(=O)C(CCCNC(N)=O)NC(=O)C(NC(=O)C(C)CS(=O)(=O)O)C(C)C)cc1)C(C)C. The molecule has 0 aliphatic carbocycles. The number of ether oxygens (including phenoxy) is 3. The van der Waals surface area contributed by atoms with E-state index in [2.05, 4.69) is 31.9 Å². The molecule has 3 rings (SSSR count). The number of anilines is 1. The van der Waals surface area contributed by atoms with Gasteiger partial charge in [-0.3, -0.25) is 43.0 Å². The smallest absolute Gasteiger partial charge is 0.410 e. The van der Waals surface area contributed by atoms with Crippen LogP contribution >= 0.6 is 0 Å². The van der Waals surface area contributed by atoms with Crippen LogP contribution in [0, 0.1) is 35.5 Å². The minimum Gasteiger partial charge on any atom is -0.445 e. The molecule has 13 atom stereocenters. The van der Waals surface area contributed by atoms with Crippen molar-refractivity contribution in [1.29, 1.82) is 0 Å². The zero-order chi connectivity index (χ0) is 67.2. The lowest BCUT2D eigenvalue weighted by atomic mass is 9.89. The number of hydrogen-bond acceptors (Lipinski definition) is 15. The molecular weight excluding hydrogens is 1170 g/mol. The topological polar surface area (TPSA) is 364 Å². The van der Waals surface area contributed by atoms with Crippen LogP contribution in [-0.4, -0.2) is 188 Å². The Morgan fingerprint density at radius 2 is 1.35 bits per heavy atom. The largest absolute Gasteiger partial charge is 0.445 e. The highest BCUT2D eigenvalue weighted by atomic mass is 32.2. The van der Waals surface area contributed by atoms with Gasteiger partial charge in [0.05, 0.1) is 60.4 Å². The molecule has 0 radical (unpaired) electrons. The van der Waals surface area contributed by atoms with Crippen molar-refractivity contribution >= 4 is 69.3 Å². The van der Waals surface area contributed by atoms with Crippen LogP contribution in [0.15, 0.2) is 54.6 Å². The number of rotatable bonds is 35. The Bertz CT molecular complexity index is 2780. The second-order valence-corrected chi connectivity index (χ2v) is 25.9. The molecule has 26 nitrogen and oxygen atoms in total. The first kappa shape index (κ1) is 76.3. The molecule has 27 heteroatoms. The summed E-state index contributed by atoms with van der Waals surface area (Å²) in [6.45, 7) is 19.2. The van der Waals surface area contributed by atoms with Gasteiger partial charge in [0.25, 0.3) is 10.1 Å². The first-order chi connectivity index (χ1) is 41.7. The number of primary amides is 1. The fourth-order valence-electron chi connectivity index (χ4n) is 11.1. The molecule has 0 spiro atoms. The molecule has 10 N–H and O–H groups in total. The summed E-state index contributed by atoms with van der Waals surface area (Å²) in [6, 6.07) is 8.21. The molecule has 13 unspecified atom stereocenters. The molecule has 2 aromatic rings. The fourth-order valence-corrected chi connectivity index (χ4v) is 11.9. The number of nitrogens with one attached hydrogen (secondary N) is 6. The van der Waals surface area contributed by atoms with Gasteiger partial charge in [0, 0.05) is 47.1 Å². The average molecular weight is 1270 g/mol. The minimum atomic E-state index is -4.50. The lowest BCUT2D eigenvalue weighted by Crippen LogP contribution is -2.60. The Hall–Kier alpha value is -6.94. The van der Waals surface area contributed by atoms with Gasteiger partial charge in [-0.05, 0) is 79.5 Å². The highest BCUT2D eigenvalue weighted by molar-refractivity contribution is 7.85. The van der Waals surface area contributed by atoms with E-state index in [1.54, 1.807) is 91.6 Å². The van der Waals surface area contributed by atoms with Crippen LogP contribution < -0.4 is 37.6 Å². The van der Waals surface area contributed by atoms with Gasteiger partial charge in [0.2, 0.25) is 41.4 Å². The lowest BCUT2D eigenvalue weighted by Gasteiger charge is -2.41. The van der Waals surface area contributed by atoms with E-state index in [0.717, 1.165) is 4.90 Å². The lowest BCUT2D eigenvalue weighted by molar-refractivity contribution is -0.148. The number of benzene rings is 2. The number of aliphatic hydroxyl groups excluding tert-OH is 1. The van der Waals surface area contributed by atoms with E-state index in [9.17, 15) is 61.2 Å². The maximum absolute atomic E-state index is 14.8. The number of carbonyl (C=O) groups is 9. The third-order valence-electron chi connectivity index (χ3n) is 16.4. The summed E-state index contributed by atoms with van der Waals surface area (Å²) in [5.41, 5.74) is 6.64. The summed E-state index contributed by atoms with van der Waals surface area (Å²) in [6.07, 6.45) is -1.25. The molecule has 0 saturated carbocycles. The van der Waals surface area contributed by atoms with Crippen molar-refractivity contribution in [2.24, 2.45) is 41.2 Å². The number of aliphatic hydroxyl groups is 1. The summed E-state index contributed by atoms with van der Waals surface area (Å²) in [4.78, 5) is 127.